The Morgan fingerprint density at radius 1 is 1.19 bits per heavy atom. The highest BCUT2D eigenvalue weighted by Gasteiger charge is 2.27. The summed E-state index contributed by atoms with van der Waals surface area (Å²) in [5.74, 6) is 0.810. The molecule has 2 unspecified atom stereocenters. The van der Waals surface area contributed by atoms with Crippen LogP contribution in [0.25, 0.3) is 0 Å². The topological polar surface area (TPSA) is 44.8 Å². The number of hydrogen-bond acceptors (Lipinski definition) is 4. The normalized spacial score (nSPS) is 25.5. The third kappa shape index (κ3) is 6.28. The van der Waals surface area contributed by atoms with Crippen molar-refractivity contribution in [1.82, 2.24) is 9.80 Å². The zero-order chi connectivity index (χ0) is 19.4. The van der Waals surface area contributed by atoms with E-state index >= 15 is 0 Å². The van der Waals surface area contributed by atoms with Crippen LogP contribution in [0.15, 0.2) is 22.7 Å². The number of halogens is 1. The highest BCUT2D eigenvalue weighted by Crippen LogP contribution is 2.22. The molecule has 3 rings (SSSR count). The lowest BCUT2D eigenvalue weighted by molar-refractivity contribution is -0.117. The van der Waals surface area contributed by atoms with Crippen LogP contribution < -0.4 is 5.32 Å². The number of ether oxygens (including phenoxy) is 1. The summed E-state index contributed by atoms with van der Waals surface area (Å²) >= 11 is 3.46. The molecular weight excluding hydrogens is 406 g/mol. The Hall–Kier alpha value is -0.950. The lowest BCUT2D eigenvalue weighted by atomic mass is 9.95. The summed E-state index contributed by atoms with van der Waals surface area (Å²) < 4.78 is 6.86. The molecule has 5 nitrogen and oxygen atoms in total. The molecule has 2 heterocycles. The highest BCUT2D eigenvalue weighted by atomic mass is 79.9. The zero-order valence-corrected chi connectivity index (χ0v) is 18.3. The Kier molecular flexibility index (Phi) is 7.31. The molecule has 2 saturated heterocycles. The summed E-state index contributed by atoms with van der Waals surface area (Å²) in [6.45, 7) is 12.1. The van der Waals surface area contributed by atoms with Gasteiger partial charge in [-0.15, -0.1) is 0 Å². The van der Waals surface area contributed by atoms with E-state index in [0.717, 1.165) is 54.4 Å². The minimum atomic E-state index is 0.0784. The molecule has 0 aliphatic carbocycles. The number of rotatable bonds is 5. The summed E-state index contributed by atoms with van der Waals surface area (Å²) in [6.07, 6.45) is 3.01. The van der Waals surface area contributed by atoms with E-state index in [-0.39, 0.29) is 5.91 Å². The summed E-state index contributed by atoms with van der Waals surface area (Å²) in [5.41, 5.74) is 1.97. The fourth-order valence-corrected chi connectivity index (χ4v) is 4.76. The number of amides is 1. The van der Waals surface area contributed by atoms with E-state index in [9.17, 15) is 4.79 Å². The molecule has 2 atom stereocenters. The van der Waals surface area contributed by atoms with Gasteiger partial charge in [0.2, 0.25) is 5.91 Å². The quantitative estimate of drug-likeness (QED) is 0.764. The summed E-state index contributed by atoms with van der Waals surface area (Å²) in [6, 6.07) is 5.93. The fourth-order valence-electron chi connectivity index (χ4n) is 4.29. The third-order valence-corrected chi connectivity index (χ3v) is 6.04. The molecule has 1 amide bonds. The van der Waals surface area contributed by atoms with Crippen molar-refractivity contribution >= 4 is 27.5 Å². The van der Waals surface area contributed by atoms with Gasteiger partial charge in [-0.05, 0) is 76.4 Å². The predicted molar refractivity (Wildman–Crippen MR) is 113 cm³/mol. The molecule has 1 aromatic carbocycles. The van der Waals surface area contributed by atoms with Gasteiger partial charge >= 0.3 is 0 Å². The summed E-state index contributed by atoms with van der Waals surface area (Å²) in [5, 5.41) is 3.05. The molecule has 0 spiro atoms. The minimum Gasteiger partial charge on any atom is -0.373 e. The fraction of sp³-hybridized carbons (Fsp3) is 0.667. The molecule has 2 fully saturated rings. The molecule has 1 N–H and O–H groups in total. The van der Waals surface area contributed by atoms with Crippen molar-refractivity contribution in [2.24, 2.45) is 5.92 Å². The molecule has 1 aromatic rings. The number of nitrogens with zero attached hydrogens (tertiary/aromatic N) is 2. The Balaban J connectivity index is 1.40. The first kappa shape index (κ1) is 20.8. The van der Waals surface area contributed by atoms with Crippen LogP contribution >= 0.6 is 15.9 Å². The number of piperidine rings is 1. The van der Waals surface area contributed by atoms with Gasteiger partial charge in [-0.2, -0.15) is 0 Å². The van der Waals surface area contributed by atoms with Gasteiger partial charge in [0.15, 0.2) is 0 Å². The van der Waals surface area contributed by atoms with Crippen LogP contribution in [0.1, 0.15) is 32.3 Å². The maximum absolute atomic E-state index is 12.4. The standard InChI is InChI=1S/C21H32BrN3O2/c1-15-10-19(22)4-5-20(15)23-21(26)14-24-8-6-18(7-9-24)13-25-11-16(2)27-17(3)12-25/h4-5,10,16-18H,6-9,11-14H2,1-3H3,(H,23,26). The number of hydrogen-bond donors (Lipinski definition) is 1. The highest BCUT2D eigenvalue weighted by molar-refractivity contribution is 9.10. The second kappa shape index (κ2) is 9.50. The molecule has 27 heavy (non-hydrogen) atoms. The smallest absolute Gasteiger partial charge is 0.238 e. The maximum Gasteiger partial charge on any atom is 0.238 e. The zero-order valence-electron chi connectivity index (χ0n) is 16.7. The van der Waals surface area contributed by atoms with Crippen LogP contribution in [0.2, 0.25) is 0 Å². The van der Waals surface area contributed by atoms with Gasteiger partial charge in [0.05, 0.1) is 18.8 Å². The SMILES string of the molecule is Cc1cc(Br)ccc1NC(=O)CN1CCC(CN2CC(C)OC(C)C2)CC1. The predicted octanol–water partition coefficient (Wildman–Crippen LogP) is 3.52. The van der Waals surface area contributed by atoms with E-state index < -0.39 is 0 Å². The minimum absolute atomic E-state index is 0.0784. The first-order chi connectivity index (χ1) is 12.9. The van der Waals surface area contributed by atoms with Gasteiger partial charge in [0, 0.05) is 29.8 Å². The van der Waals surface area contributed by atoms with Crippen molar-refractivity contribution in [3.8, 4) is 0 Å². The van der Waals surface area contributed by atoms with Crippen molar-refractivity contribution in [3.05, 3.63) is 28.2 Å². The molecule has 2 aliphatic rings. The van der Waals surface area contributed by atoms with E-state index in [1.54, 1.807) is 0 Å². The van der Waals surface area contributed by atoms with Gasteiger partial charge in [0.25, 0.3) is 0 Å². The number of carbonyl (C=O) groups is 1. The molecule has 0 radical (unpaired) electrons. The Morgan fingerprint density at radius 3 is 2.48 bits per heavy atom. The molecule has 0 saturated carbocycles. The maximum atomic E-state index is 12.4. The Morgan fingerprint density at radius 2 is 1.85 bits per heavy atom. The molecule has 150 valence electrons. The largest absolute Gasteiger partial charge is 0.373 e. The second-order valence-corrected chi connectivity index (χ2v) is 9.12. The van der Waals surface area contributed by atoms with Crippen LogP contribution in [0.5, 0.6) is 0 Å². The molecule has 0 bridgehead atoms. The first-order valence-corrected chi connectivity index (χ1v) is 10.8. The first-order valence-electron chi connectivity index (χ1n) is 10.0. The van der Waals surface area contributed by atoms with Crippen LogP contribution in [-0.2, 0) is 9.53 Å². The van der Waals surface area contributed by atoms with Crippen LogP contribution in [0, 0.1) is 12.8 Å². The second-order valence-electron chi connectivity index (χ2n) is 8.20. The van der Waals surface area contributed by atoms with Crippen molar-refractivity contribution in [2.45, 2.75) is 45.8 Å². The van der Waals surface area contributed by atoms with E-state index in [0.29, 0.717) is 18.8 Å². The number of morpholine rings is 1. The van der Waals surface area contributed by atoms with Gasteiger partial charge in [-0.25, -0.2) is 0 Å². The van der Waals surface area contributed by atoms with Crippen molar-refractivity contribution in [3.63, 3.8) is 0 Å². The van der Waals surface area contributed by atoms with Gasteiger partial charge in [-0.1, -0.05) is 15.9 Å². The van der Waals surface area contributed by atoms with Gasteiger partial charge in [0.1, 0.15) is 0 Å². The molecule has 6 heteroatoms. The van der Waals surface area contributed by atoms with E-state index in [1.807, 2.05) is 25.1 Å². The average Bonchev–Trinajstić information content (AvgIpc) is 2.58. The Labute approximate surface area is 171 Å². The average molecular weight is 438 g/mol. The number of nitrogens with one attached hydrogen (secondary N) is 1. The lowest BCUT2D eigenvalue weighted by Gasteiger charge is -2.39. The van der Waals surface area contributed by atoms with Crippen molar-refractivity contribution in [1.29, 1.82) is 0 Å². The molecule has 2 aliphatic heterocycles. The number of likely N-dealkylation sites (tertiary alicyclic amines) is 1. The van der Waals surface area contributed by atoms with Crippen molar-refractivity contribution in [2.75, 3.05) is 44.6 Å². The Bertz CT molecular complexity index is 636. The number of anilines is 1. The van der Waals surface area contributed by atoms with Crippen LogP contribution in [0.4, 0.5) is 5.69 Å². The summed E-state index contributed by atoms with van der Waals surface area (Å²) in [7, 11) is 0. The van der Waals surface area contributed by atoms with E-state index in [1.165, 1.54) is 12.8 Å². The van der Waals surface area contributed by atoms with Gasteiger partial charge < -0.3 is 10.1 Å². The van der Waals surface area contributed by atoms with E-state index in [4.69, 9.17) is 4.74 Å². The number of benzene rings is 1. The van der Waals surface area contributed by atoms with Crippen molar-refractivity contribution < 1.29 is 9.53 Å². The van der Waals surface area contributed by atoms with E-state index in [2.05, 4.69) is 44.9 Å². The number of carbonyl (C=O) groups excluding carboxylic acids is 1. The lowest BCUT2D eigenvalue weighted by Crippen LogP contribution is -2.48. The monoisotopic (exact) mass is 437 g/mol. The van der Waals surface area contributed by atoms with Crippen LogP contribution in [0.3, 0.4) is 0 Å². The number of aryl methyl sites for hydroxylation is 1. The summed E-state index contributed by atoms with van der Waals surface area (Å²) in [4.78, 5) is 17.2. The van der Waals surface area contributed by atoms with Crippen LogP contribution in [-0.4, -0.2) is 67.2 Å². The molecule has 0 aromatic heterocycles. The van der Waals surface area contributed by atoms with Gasteiger partial charge in [-0.3, -0.25) is 14.6 Å². The third-order valence-electron chi connectivity index (χ3n) is 5.55. The molecular formula is C21H32BrN3O2.